The normalized spacial score (nSPS) is 34.1. The summed E-state index contributed by atoms with van der Waals surface area (Å²) in [5.41, 5.74) is 0. The Bertz CT molecular complexity index is 175. The van der Waals surface area contributed by atoms with Gasteiger partial charge in [-0.15, -0.1) is 0 Å². The lowest BCUT2D eigenvalue weighted by Crippen LogP contribution is -3.14. The zero-order valence-corrected chi connectivity index (χ0v) is 18.0. The molecule has 4 heteroatoms. The van der Waals surface area contributed by atoms with Gasteiger partial charge in [-0.25, -0.2) is 0 Å². The maximum atomic E-state index is 2.18. The lowest BCUT2D eigenvalue weighted by molar-refractivity contribution is -0.916. The molecule has 6 fully saturated rings. The van der Waals surface area contributed by atoms with E-state index >= 15 is 0 Å². The highest BCUT2D eigenvalue weighted by molar-refractivity contribution is 4.66. The number of rotatable bonds is 1. The fourth-order valence-corrected chi connectivity index (χ4v) is 4.07. The van der Waals surface area contributed by atoms with E-state index in [0.717, 1.165) is 11.8 Å². The van der Waals surface area contributed by atoms with Gasteiger partial charge in [0.15, 0.2) is 0 Å². The van der Waals surface area contributed by atoms with Crippen molar-refractivity contribution < 1.29 is 43.8 Å². The van der Waals surface area contributed by atoms with Crippen LogP contribution in [0.3, 0.4) is 0 Å². The standard InChI is InChI=1S/2C7H13N.C4H10.2BrH/c2*1-4-8-5-2-7(1)3-6-8;1-3-4-2;;/h2*7H,1-6H2;3-4H2,1-2H3;2*1H. The summed E-state index contributed by atoms with van der Waals surface area (Å²) in [4.78, 5) is 3.74. The van der Waals surface area contributed by atoms with Crippen LogP contribution in [0.4, 0.5) is 0 Å². The van der Waals surface area contributed by atoms with E-state index in [9.17, 15) is 0 Å². The fraction of sp³-hybridized carbons (Fsp3) is 1.00. The Morgan fingerprint density at radius 3 is 0.818 bits per heavy atom. The van der Waals surface area contributed by atoms with Crippen LogP contribution in [0.25, 0.3) is 0 Å². The van der Waals surface area contributed by atoms with E-state index in [1.54, 1.807) is 0 Å². The first kappa shape index (κ1) is 22.9. The van der Waals surface area contributed by atoms with Gasteiger partial charge in [-0.2, -0.15) is 0 Å². The summed E-state index contributed by atoms with van der Waals surface area (Å²) in [5, 5.41) is 0. The minimum Gasteiger partial charge on any atom is -1.00 e. The van der Waals surface area contributed by atoms with E-state index in [2.05, 4.69) is 13.8 Å². The van der Waals surface area contributed by atoms with E-state index < -0.39 is 0 Å². The second-order valence-corrected chi connectivity index (χ2v) is 7.46. The van der Waals surface area contributed by atoms with Gasteiger partial charge in [0.2, 0.25) is 0 Å². The molecule has 6 heterocycles. The van der Waals surface area contributed by atoms with Crippen LogP contribution in [0.1, 0.15) is 65.2 Å². The molecule has 0 saturated carbocycles. The summed E-state index contributed by atoms with van der Waals surface area (Å²) in [7, 11) is 0. The Morgan fingerprint density at radius 1 is 0.545 bits per heavy atom. The minimum absolute atomic E-state index is 0. The van der Waals surface area contributed by atoms with Crippen LogP contribution in [0.15, 0.2) is 0 Å². The Hall–Kier alpha value is 0.880. The van der Waals surface area contributed by atoms with Crippen LogP contribution in [-0.2, 0) is 0 Å². The third kappa shape index (κ3) is 8.12. The topological polar surface area (TPSA) is 8.88 Å². The maximum Gasteiger partial charge on any atom is 0.0773 e. The number of halogens is 2. The Morgan fingerprint density at radius 2 is 0.773 bits per heavy atom. The highest BCUT2D eigenvalue weighted by atomic mass is 79.9. The van der Waals surface area contributed by atoms with Crippen LogP contribution in [0.2, 0.25) is 0 Å². The minimum atomic E-state index is 0. The van der Waals surface area contributed by atoms with Crippen LogP contribution in [0.5, 0.6) is 0 Å². The van der Waals surface area contributed by atoms with Crippen LogP contribution in [0, 0.1) is 11.8 Å². The molecule has 2 N–H and O–H groups in total. The van der Waals surface area contributed by atoms with Gasteiger partial charge in [0.1, 0.15) is 0 Å². The van der Waals surface area contributed by atoms with Gasteiger partial charge >= 0.3 is 0 Å². The average molecular weight is 442 g/mol. The number of unbranched alkanes of at least 4 members (excludes halogenated alkanes) is 1. The van der Waals surface area contributed by atoms with Gasteiger partial charge in [-0.1, -0.05) is 26.7 Å². The monoisotopic (exact) mass is 440 g/mol. The molecule has 134 valence electrons. The number of fused-ring (bicyclic) bond motifs is 6. The molecule has 6 rings (SSSR count). The molecular weight excluding hydrogens is 404 g/mol. The van der Waals surface area contributed by atoms with Crippen LogP contribution in [-0.4, -0.2) is 39.3 Å². The van der Waals surface area contributed by atoms with Crippen molar-refractivity contribution in [1.29, 1.82) is 0 Å². The third-order valence-corrected chi connectivity index (χ3v) is 5.94. The van der Waals surface area contributed by atoms with Crippen LogP contribution < -0.4 is 43.8 Å². The zero-order valence-electron chi connectivity index (χ0n) is 14.8. The first-order valence-electron chi connectivity index (χ1n) is 9.49. The second-order valence-electron chi connectivity index (χ2n) is 7.46. The average Bonchev–Trinajstić information content (AvgIpc) is 2.59. The summed E-state index contributed by atoms with van der Waals surface area (Å²) in [6.45, 7) is 13.2. The molecule has 0 aromatic heterocycles. The largest absolute Gasteiger partial charge is 1.00 e. The van der Waals surface area contributed by atoms with Gasteiger partial charge in [0.25, 0.3) is 0 Å². The molecule has 2 nitrogen and oxygen atoms in total. The van der Waals surface area contributed by atoms with Gasteiger partial charge in [-0.3, -0.25) is 0 Å². The quantitative estimate of drug-likeness (QED) is 0.404. The summed E-state index contributed by atoms with van der Waals surface area (Å²) in [6, 6.07) is 0. The maximum absolute atomic E-state index is 2.18. The highest BCUT2D eigenvalue weighted by Gasteiger charge is 2.28. The molecule has 0 spiro atoms. The first-order valence-corrected chi connectivity index (χ1v) is 9.49. The van der Waals surface area contributed by atoms with E-state index in [0.29, 0.717) is 0 Å². The van der Waals surface area contributed by atoms with Crippen molar-refractivity contribution in [3.8, 4) is 0 Å². The molecule has 0 amide bonds. The molecule has 0 aliphatic carbocycles. The molecule has 22 heavy (non-hydrogen) atoms. The molecule has 6 aliphatic heterocycles. The lowest BCUT2D eigenvalue weighted by atomic mass is 9.89. The van der Waals surface area contributed by atoms with Gasteiger partial charge in [-0.05, 0) is 50.4 Å². The van der Waals surface area contributed by atoms with Crippen molar-refractivity contribution in [3.05, 3.63) is 0 Å². The molecule has 0 radical (unpaired) electrons. The molecule has 6 saturated heterocycles. The molecule has 0 atom stereocenters. The van der Waals surface area contributed by atoms with Gasteiger partial charge < -0.3 is 43.8 Å². The van der Waals surface area contributed by atoms with Gasteiger partial charge in [0.05, 0.1) is 39.3 Å². The fourth-order valence-electron chi connectivity index (χ4n) is 4.07. The Balaban J connectivity index is 0.000000305. The van der Waals surface area contributed by atoms with E-state index in [-0.39, 0.29) is 34.0 Å². The van der Waals surface area contributed by atoms with Crippen molar-refractivity contribution in [3.63, 3.8) is 0 Å². The van der Waals surface area contributed by atoms with E-state index in [1.807, 2.05) is 9.80 Å². The molecule has 0 unspecified atom stereocenters. The highest BCUT2D eigenvalue weighted by Crippen LogP contribution is 2.16. The molecule has 6 aliphatic rings. The predicted molar refractivity (Wildman–Crippen MR) is 86.4 cm³/mol. The molecule has 0 aromatic carbocycles. The number of piperidine rings is 6. The first-order chi connectivity index (χ1) is 9.81. The van der Waals surface area contributed by atoms with E-state index in [4.69, 9.17) is 0 Å². The van der Waals surface area contributed by atoms with Crippen molar-refractivity contribution >= 4 is 0 Å². The number of hydrogen-bond acceptors (Lipinski definition) is 0. The smallest absolute Gasteiger partial charge is 0.0773 e. The number of hydrogen-bond donors (Lipinski definition) is 2. The van der Waals surface area contributed by atoms with Crippen molar-refractivity contribution in [1.82, 2.24) is 0 Å². The SMILES string of the molecule is C1C[NH+]2CCC1CC2.C1C[NH+]2CCC1CC2.CCCC.[Br-].[Br-]. The van der Waals surface area contributed by atoms with Crippen molar-refractivity contribution in [2.75, 3.05) is 39.3 Å². The lowest BCUT2D eigenvalue weighted by Gasteiger charge is -2.35. The number of nitrogens with one attached hydrogen (secondary N) is 2. The predicted octanol–water partition coefficient (Wildman–Crippen LogP) is -4.82. The third-order valence-electron chi connectivity index (χ3n) is 5.94. The summed E-state index contributed by atoms with van der Waals surface area (Å²) >= 11 is 0. The van der Waals surface area contributed by atoms with Gasteiger partial charge in [0, 0.05) is 0 Å². The van der Waals surface area contributed by atoms with E-state index in [1.165, 1.54) is 90.6 Å². The summed E-state index contributed by atoms with van der Waals surface area (Å²) < 4.78 is 0. The number of quaternary nitrogens is 2. The zero-order chi connectivity index (χ0) is 14.2. The summed E-state index contributed by atoms with van der Waals surface area (Å²) in [6.07, 6.45) is 11.8. The molecular formula is C18H38Br2N2. The molecule has 4 bridgehead atoms. The summed E-state index contributed by atoms with van der Waals surface area (Å²) in [5.74, 6) is 2.26. The van der Waals surface area contributed by atoms with Crippen molar-refractivity contribution in [2.45, 2.75) is 65.2 Å². The Labute approximate surface area is 159 Å². The second kappa shape index (κ2) is 13.2. The Kier molecular flexibility index (Phi) is 13.7. The molecule has 0 aromatic rings. The van der Waals surface area contributed by atoms with Crippen molar-refractivity contribution in [2.24, 2.45) is 11.8 Å². The van der Waals surface area contributed by atoms with Crippen LogP contribution >= 0.6 is 0 Å².